The summed E-state index contributed by atoms with van der Waals surface area (Å²) in [6.07, 6.45) is -3.10. The Morgan fingerprint density at radius 3 is 2.79 bits per heavy atom. The average molecular weight is 269 g/mol. The summed E-state index contributed by atoms with van der Waals surface area (Å²) in [4.78, 5) is 15.1. The molecule has 102 valence electrons. The van der Waals surface area contributed by atoms with Gasteiger partial charge in [-0.25, -0.2) is 8.78 Å². The van der Waals surface area contributed by atoms with Crippen molar-refractivity contribution in [3.05, 3.63) is 28.6 Å². The molecule has 0 radical (unpaired) electrons. The smallest absolute Gasteiger partial charge is 0.311 e. The van der Waals surface area contributed by atoms with Gasteiger partial charge in [0.1, 0.15) is 5.69 Å². The molecule has 2 N–H and O–H groups in total. The van der Waals surface area contributed by atoms with Gasteiger partial charge in [0.25, 0.3) is 6.43 Å². The normalized spacial score (nSPS) is 10.3. The third-order valence-electron chi connectivity index (χ3n) is 2.40. The second kappa shape index (κ2) is 6.75. The van der Waals surface area contributed by atoms with Gasteiger partial charge in [-0.2, -0.15) is 5.26 Å². The number of pyridine rings is 1. The summed E-state index contributed by atoms with van der Waals surface area (Å²) in [7, 11) is 0. The van der Waals surface area contributed by atoms with Crippen LogP contribution in [0, 0.1) is 11.3 Å². The third-order valence-corrected chi connectivity index (χ3v) is 2.40. The lowest BCUT2D eigenvalue weighted by Crippen LogP contribution is -2.15. The van der Waals surface area contributed by atoms with Crippen molar-refractivity contribution in [1.82, 2.24) is 4.98 Å². The van der Waals surface area contributed by atoms with Crippen LogP contribution in [0.3, 0.4) is 0 Å². The molecule has 0 aromatic carbocycles. The Morgan fingerprint density at radius 2 is 2.32 bits per heavy atom. The predicted molar refractivity (Wildman–Crippen MR) is 62.1 cm³/mol. The number of ether oxygens (including phenoxy) is 1. The van der Waals surface area contributed by atoms with Gasteiger partial charge in [-0.1, -0.05) is 0 Å². The molecule has 1 aromatic heterocycles. The number of nitrogens with zero attached hydrogens (tertiary/aromatic N) is 2. The first-order valence-electron chi connectivity index (χ1n) is 5.60. The van der Waals surface area contributed by atoms with Crippen molar-refractivity contribution in [2.45, 2.75) is 26.3 Å². The number of aromatic nitrogens is 1. The molecular formula is C12H13F2N3O2. The number of rotatable bonds is 5. The molecule has 0 amide bonds. The predicted octanol–water partition coefficient (Wildman–Crippen LogP) is 1.46. The molecule has 0 fully saturated rings. The van der Waals surface area contributed by atoms with Gasteiger partial charge in [-0.15, -0.1) is 0 Å². The van der Waals surface area contributed by atoms with Crippen LogP contribution in [0.5, 0.6) is 0 Å². The minimum absolute atomic E-state index is 0.00657. The van der Waals surface area contributed by atoms with Gasteiger partial charge >= 0.3 is 5.97 Å². The topological polar surface area (TPSA) is 89.0 Å². The SMILES string of the molecule is CCOC(=O)Cc1nc(C(F)F)cc(C#N)c1CN. The molecule has 0 aliphatic heterocycles. The van der Waals surface area contributed by atoms with Crippen molar-refractivity contribution in [1.29, 1.82) is 5.26 Å². The Labute approximate surface area is 109 Å². The molecule has 0 spiro atoms. The number of halogens is 2. The van der Waals surface area contributed by atoms with Crippen LogP contribution in [0.1, 0.15) is 35.9 Å². The Kier molecular flexibility index (Phi) is 5.33. The summed E-state index contributed by atoms with van der Waals surface area (Å²) in [5.74, 6) is -0.597. The minimum atomic E-state index is -2.82. The number of nitrogens with two attached hydrogens (primary N) is 1. The fourth-order valence-electron chi connectivity index (χ4n) is 1.58. The zero-order valence-electron chi connectivity index (χ0n) is 10.3. The summed E-state index contributed by atoms with van der Waals surface area (Å²) >= 11 is 0. The highest BCUT2D eigenvalue weighted by atomic mass is 19.3. The van der Waals surface area contributed by atoms with Gasteiger partial charge in [0.05, 0.1) is 30.4 Å². The molecule has 0 unspecified atom stereocenters. The molecule has 5 nitrogen and oxygen atoms in total. The molecule has 0 aliphatic rings. The monoisotopic (exact) mass is 269 g/mol. The standard InChI is InChI=1S/C12H13F2N3O2/c1-2-19-11(18)4-9-8(6-16)7(5-15)3-10(17-9)12(13)14/h3,12H,2,4,6,16H2,1H3. The first-order chi connectivity index (χ1) is 9.03. The van der Waals surface area contributed by atoms with Gasteiger partial charge in [0.15, 0.2) is 0 Å². The molecule has 0 bridgehead atoms. The van der Waals surface area contributed by atoms with Crippen molar-refractivity contribution in [2.75, 3.05) is 6.61 Å². The van der Waals surface area contributed by atoms with E-state index in [0.717, 1.165) is 6.07 Å². The van der Waals surface area contributed by atoms with Crippen LogP contribution in [-0.2, 0) is 22.5 Å². The summed E-state index contributed by atoms with van der Waals surface area (Å²) in [5, 5.41) is 8.92. The van der Waals surface area contributed by atoms with Gasteiger partial charge < -0.3 is 10.5 Å². The number of nitriles is 1. The lowest BCUT2D eigenvalue weighted by Gasteiger charge is -2.11. The van der Waals surface area contributed by atoms with Gasteiger partial charge in [-0.05, 0) is 13.0 Å². The van der Waals surface area contributed by atoms with Crippen LogP contribution in [0.25, 0.3) is 0 Å². The molecule has 1 aromatic rings. The van der Waals surface area contributed by atoms with Gasteiger partial charge in [0.2, 0.25) is 0 Å². The number of carbonyl (C=O) groups is 1. The van der Waals surface area contributed by atoms with E-state index in [0.29, 0.717) is 5.56 Å². The summed E-state index contributed by atoms with van der Waals surface area (Å²) in [6, 6.07) is 2.77. The van der Waals surface area contributed by atoms with Crippen LogP contribution >= 0.6 is 0 Å². The quantitative estimate of drug-likeness (QED) is 0.817. The van der Waals surface area contributed by atoms with Crippen LogP contribution in [0.15, 0.2) is 6.07 Å². The maximum absolute atomic E-state index is 12.7. The van der Waals surface area contributed by atoms with E-state index >= 15 is 0 Å². The molecule has 0 saturated heterocycles. The van der Waals surface area contributed by atoms with Crippen LogP contribution < -0.4 is 5.73 Å². The second-order valence-electron chi connectivity index (χ2n) is 3.62. The second-order valence-corrected chi connectivity index (χ2v) is 3.62. The molecule has 7 heteroatoms. The first kappa shape index (κ1) is 15.0. The maximum atomic E-state index is 12.7. The number of hydrogen-bond donors (Lipinski definition) is 1. The fourth-order valence-corrected chi connectivity index (χ4v) is 1.58. The highest BCUT2D eigenvalue weighted by molar-refractivity contribution is 5.72. The van der Waals surface area contributed by atoms with E-state index in [1.165, 1.54) is 0 Å². The fraction of sp³-hybridized carbons (Fsp3) is 0.417. The Balaban J connectivity index is 3.23. The lowest BCUT2D eigenvalue weighted by atomic mass is 10.0. The van der Waals surface area contributed by atoms with E-state index in [1.807, 2.05) is 0 Å². The van der Waals surface area contributed by atoms with E-state index in [4.69, 9.17) is 15.7 Å². The zero-order chi connectivity index (χ0) is 14.4. The Bertz CT molecular complexity index is 512. The van der Waals surface area contributed by atoms with Gasteiger partial charge in [0, 0.05) is 12.1 Å². The highest BCUT2D eigenvalue weighted by Gasteiger charge is 2.19. The molecule has 0 aliphatic carbocycles. The van der Waals surface area contributed by atoms with E-state index in [-0.39, 0.29) is 30.8 Å². The third kappa shape index (κ3) is 3.69. The van der Waals surface area contributed by atoms with Crippen molar-refractivity contribution in [3.8, 4) is 6.07 Å². The largest absolute Gasteiger partial charge is 0.466 e. The van der Waals surface area contributed by atoms with Crippen molar-refractivity contribution in [3.63, 3.8) is 0 Å². The molecule has 0 saturated carbocycles. The minimum Gasteiger partial charge on any atom is -0.466 e. The average Bonchev–Trinajstić information content (AvgIpc) is 2.37. The van der Waals surface area contributed by atoms with Crippen LogP contribution in [-0.4, -0.2) is 17.6 Å². The summed E-state index contributed by atoms with van der Waals surface area (Å²) in [6.45, 7) is 1.75. The first-order valence-corrected chi connectivity index (χ1v) is 5.60. The molecular weight excluding hydrogens is 256 g/mol. The van der Waals surface area contributed by atoms with E-state index < -0.39 is 18.1 Å². The summed E-state index contributed by atoms with van der Waals surface area (Å²) < 4.78 is 30.1. The molecule has 1 rings (SSSR count). The lowest BCUT2D eigenvalue weighted by molar-refractivity contribution is -0.142. The number of alkyl halides is 2. The van der Waals surface area contributed by atoms with Gasteiger partial charge in [-0.3, -0.25) is 9.78 Å². The van der Waals surface area contributed by atoms with Crippen molar-refractivity contribution in [2.24, 2.45) is 5.73 Å². The summed E-state index contributed by atoms with van der Waals surface area (Å²) in [5.41, 5.74) is 5.29. The van der Waals surface area contributed by atoms with Crippen molar-refractivity contribution >= 4 is 5.97 Å². The molecule has 1 heterocycles. The van der Waals surface area contributed by atoms with E-state index in [2.05, 4.69) is 4.98 Å². The van der Waals surface area contributed by atoms with Crippen LogP contribution in [0.4, 0.5) is 8.78 Å². The van der Waals surface area contributed by atoms with Crippen molar-refractivity contribution < 1.29 is 18.3 Å². The highest BCUT2D eigenvalue weighted by Crippen LogP contribution is 2.22. The Hall–Kier alpha value is -2.07. The zero-order valence-corrected chi connectivity index (χ0v) is 10.3. The maximum Gasteiger partial charge on any atom is 0.311 e. The molecule has 0 atom stereocenters. The van der Waals surface area contributed by atoms with E-state index in [9.17, 15) is 13.6 Å². The number of esters is 1. The molecule has 19 heavy (non-hydrogen) atoms. The van der Waals surface area contributed by atoms with E-state index in [1.54, 1.807) is 13.0 Å². The Morgan fingerprint density at radius 1 is 1.63 bits per heavy atom. The van der Waals surface area contributed by atoms with Crippen LogP contribution in [0.2, 0.25) is 0 Å². The number of hydrogen-bond acceptors (Lipinski definition) is 5. The number of carbonyl (C=O) groups excluding carboxylic acids is 1.